The molecule has 0 aromatic heterocycles. The highest BCUT2D eigenvalue weighted by molar-refractivity contribution is 5.67. The summed E-state index contributed by atoms with van der Waals surface area (Å²) in [6.07, 6.45) is -0.838. The van der Waals surface area contributed by atoms with Gasteiger partial charge >= 0.3 is 11.9 Å². The zero-order chi connectivity index (χ0) is 12.1. The minimum absolute atomic E-state index is 0.253. The molecule has 0 aromatic carbocycles. The Balaban J connectivity index is 2.56. The molecule has 16 heavy (non-hydrogen) atoms. The van der Waals surface area contributed by atoms with E-state index in [1.54, 1.807) is 0 Å². The van der Waals surface area contributed by atoms with Crippen LogP contribution in [-0.4, -0.2) is 36.7 Å². The van der Waals surface area contributed by atoms with Gasteiger partial charge in [0.2, 0.25) is 6.29 Å². The topological polar surface area (TPSA) is 78.9 Å². The molecule has 6 nitrogen and oxygen atoms in total. The molecule has 1 fully saturated rings. The Morgan fingerprint density at radius 2 is 1.81 bits per heavy atom. The van der Waals surface area contributed by atoms with Crippen molar-refractivity contribution >= 4 is 18.2 Å². The summed E-state index contributed by atoms with van der Waals surface area (Å²) in [5.41, 5.74) is 0. The third kappa shape index (κ3) is 3.98. The van der Waals surface area contributed by atoms with Crippen molar-refractivity contribution in [3.63, 3.8) is 0 Å². The van der Waals surface area contributed by atoms with Crippen LogP contribution >= 0.6 is 0 Å². The first-order valence-corrected chi connectivity index (χ1v) is 4.96. The van der Waals surface area contributed by atoms with Gasteiger partial charge in [-0.3, -0.25) is 9.59 Å². The van der Waals surface area contributed by atoms with E-state index in [-0.39, 0.29) is 6.42 Å². The van der Waals surface area contributed by atoms with Crippen LogP contribution in [0.4, 0.5) is 0 Å². The van der Waals surface area contributed by atoms with Gasteiger partial charge < -0.3 is 19.0 Å². The molecule has 1 heterocycles. The molecule has 1 aliphatic rings. The molecule has 0 bridgehead atoms. The SMILES string of the molecule is CC(=O)OC1CC(C=O)OC(OC(C)=O)C1. The fourth-order valence-electron chi connectivity index (χ4n) is 1.56. The first-order valence-electron chi connectivity index (χ1n) is 4.96. The summed E-state index contributed by atoms with van der Waals surface area (Å²) in [6.45, 7) is 2.53. The fourth-order valence-corrected chi connectivity index (χ4v) is 1.56. The Morgan fingerprint density at radius 3 is 2.31 bits per heavy atom. The first-order chi connectivity index (χ1) is 7.51. The van der Waals surface area contributed by atoms with Crippen molar-refractivity contribution in [3.8, 4) is 0 Å². The summed E-state index contributed by atoms with van der Waals surface area (Å²) >= 11 is 0. The van der Waals surface area contributed by atoms with Crippen LogP contribution in [0.3, 0.4) is 0 Å². The van der Waals surface area contributed by atoms with E-state index in [9.17, 15) is 14.4 Å². The van der Waals surface area contributed by atoms with Crippen molar-refractivity contribution in [1.82, 2.24) is 0 Å². The maximum atomic E-state index is 10.8. The van der Waals surface area contributed by atoms with Gasteiger partial charge in [-0.1, -0.05) is 0 Å². The van der Waals surface area contributed by atoms with Gasteiger partial charge in [0.05, 0.1) is 0 Å². The van der Waals surface area contributed by atoms with E-state index < -0.39 is 30.4 Å². The standard InChI is InChI=1S/C10H14O6/c1-6(12)14-8-3-9(5-11)16-10(4-8)15-7(2)13/h5,8-10H,3-4H2,1-2H3. The minimum atomic E-state index is -0.828. The molecule has 0 aromatic rings. The summed E-state index contributed by atoms with van der Waals surface area (Å²) < 4.78 is 14.9. The normalized spacial score (nSPS) is 29.2. The Bertz CT molecular complexity index is 263. The van der Waals surface area contributed by atoms with Gasteiger partial charge in [0.1, 0.15) is 18.5 Å². The van der Waals surface area contributed by atoms with Crippen LogP contribution in [0.1, 0.15) is 26.7 Å². The molecular formula is C10H14O6. The lowest BCUT2D eigenvalue weighted by atomic mass is 10.1. The van der Waals surface area contributed by atoms with Gasteiger partial charge in [-0.2, -0.15) is 0 Å². The van der Waals surface area contributed by atoms with E-state index >= 15 is 0 Å². The summed E-state index contributed by atoms with van der Waals surface area (Å²) in [6, 6.07) is 0. The minimum Gasteiger partial charge on any atom is -0.462 e. The van der Waals surface area contributed by atoms with Crippen LogP contribution < -0.4 is 0 Å². The Morgan fingerprint density at radius 1 is 1.19 bits per heavy atom. The molecule has 1 aliphatic heterocycles. The van der Waals surface area contributed by atoms with Crippen LogP contribution in [0, 0.1) is 0 Å². The molecule has 0 spiro atoms. The number of hydrogen-bond acceptors (Lipinski definition) is 6. The highest BCUT2D eigenvalue weighted by atomic mass is 16.7. The number of carbonyl (C=O) groups is 3. The van der Waals surface area contributed by atoms with Gasteiger partial charge in [0, 0.05) is 26.7 Å². The molecule has 0 saturated carbocycles. The van der Waals surface area contributed by atoms with Crippen LogP contribution in [0.2, 0.25) is 0 Å². The second kappa shape index (κ2) is 5.60. The Kier molecular flexibility index (Phi) is 4.42. The molecule has 0 aliphatic carbocycles. The van der Waals surface area contributed by atoms with Crippen LogP contribution in [0.15, 0.2) is 0 Å². The van der Waals surface area contributed by atoms with E-state index in [0.717, 1.165) is 0 Å². The smallest absolute Gasteiger partial charge is 0.304 e. The zero-order valence-corrected chi connectivity index (χ0v) is 9.17. The lowest BCUT2D eigenvalue weighted by Crippen LogP contribution is -2.40. The van der Waals surface area contributed by atoms with Crippen LogP contribution in [-0.2, 0) is 28.6 Å². The third-order valence-corrected chi connectivity index (χ3v) is 2.06. The highest BCUT2D eigenvalue weighted by Crippen LogP contribution is 2.22. The van der Waals surface area contributed by atoms with Gasteiger partial charge in [-0.25, -0.2) is 0 Å². The van der Waals surface area contributed by atoms with E-state index in [0.29, 0.717) is 12.7 Å². The average molecular weight is 230 g/mol. The molecular weight excluding hydrogens is 216 g/mol. The van der Waals surface area contributed by atoms with Crippen LogP contribution in [0.25, 0.3) is 0 Å². The second-order valence-corrected chi connectivity index (χ2v) is 3.55. The van der Waals surface area contributed by atoms with Crippen molar-refractivity contribution in [3.05, 3.63) is 0 Å². The maximum Gasteiger partial charge on any atom is 0.304 e. The average Bonchev–Trinajstić information content (AvgIpc) is 2.14. The van der Waals surface area contributed by atoms with Gasteiger partial charge in [-0.15, -0.1) is 0 Å². The molecule has 0 radical (unpaired) electrons. The molecule has 90 valence electrons. The summed E-state index contributed by atoms with van der Waals surface area (Å²) in [5.74, 6) is -0.934. The number of carbonyl (C=O) groups excluding carboxylic acids is 3. The second-order valence-electron chi connectivity index (χ2n) is 3.55. The largest absolute Gasteiger partial charge is 0.462 e. The van der Waals surface area contributed by atoms with Gasteiger partial charge in [-0.05, 0) is 0 Å². The number of aldehydes is 1. The lowest BCUT2D eigenvalue weighted by Gasteiger charge is -2.31. The van der Waals surface area contributed by atoms with Crippen LogP contribution in [0.5, 0.6) is 0 Å². The number of rotatable bonds is 3. The molecule has 6 heteroatoms. The third-order valence-electron chi connectivity index (χ3n) is 2.06. The first kappa shape index (κ1) is 12.6. The predicted molar refractivity (Wildman–Crippen MR) is 51.3 cm³/mol. The zero-order valence-electron chi connectivity index (χ0n) is 9.17. The Hall–Kier alpha value is -1.43. The Labute approximate surface area is 92.8 Å². The predicted octanol–water partition coefficient (Wildman–Crippen LogP) is 0.185. The summed E-state index contributed by atoms with van der Waals surface area (Å²) in [7, 11) is 0. The van der Waals surface area contributed by atoms with E-state index in [4.69, 9.17) is 14.2 Å². The molecule has 0 N–H and O–H groups in total. The number of ether oxygens (including phenoxy) is 3. The fraction of sp³-hybridized carbons (Fsp3) is 0.700. The van der Waals surface area contributed by atoms with Crippen molar-refractivity contribution in [2.75, 3.05) is 0 Å². The van der Waals surface area contributed by atoms with E-state index in [1.807, 2.05) is 0 Å². The number of hydrogen-bond donors (Lipinski definition) is 0. The van der Waals surface area contributed by atoms with E-state index in [2.05, 4.69) is 0 Å². The van der Waals surface area contributed by atoms with Gasteiger partial charge in [0.15, 0.2) is 0 Å². The van der Waals surface area contributed by atoms with Crippen molar-refractivity contribution < 1.29 is 28.6 Å². The van der Waals surface area contributed by atoms with Crippen molar-refractivity contribution in [2.24, 2.45) is 0 Å². The van der Waals surface area contributed by atoms with Gasteiger partial charge in [0.25, 0.3) is 0 Å². The van der Waals surface area contributed by atoms with Crippen molar-refractivity contribution in [2.45, 2.75) is 45.2 Å². The summed E-state index contributed by atoms with van der Waals surface area (Å²) in [4.78, 5) is 32.1. The quantitative estimate of drug-likeness (QED) is 0.508. The molecule has 3 unspecified atom stereocenters. The molecule has 3 atom stereocenters. The molecule has 0 amide bonds. The molecule has 1 saturated heterocycles. The van der Waals surface area contributed by atoms with E-state index in [1.165, 1.54) is 13.8 Å². The number of esters is 2. The van der Waals surface area contributed by atoms with Crippen molar-refractivity contribution in [1.29, 1.82) is 0 Å². The lowest BCUT2D eigenvalue weighted by molar-refractivity contribution is -0.215. The molecule has 1 rings (SSSR count). The maximum absolute atomic E-state index is 10.8. The summed E-state index contributed by atoms with van der Waals surface area (Å²) in [5, 5.41) is 0. The monoisotopic (exact) mass is 230 g/mol. The highest BCUT2D eigenvalue weighted by Gasteiger charge is 2.32.